The number of nitrogens with two attached hydrogens (primary N) is 1. The molecule has 2 aromatic rings. The van der Waals surface area contributed by atoms with E-state index in [1.807, 2.05) is 0 Å². The van der Waals surface area contributed by atoms with Gasteiger partial charge in [-0.1, -0.05) is 27.5 Å². The number of hydrogen-bond acceptors (Lipinski definition) is 2. The van der Waals surface area contributed by atoms with Crippen molar-refractivity contribution in [1.29, 1.82) is 0 Å². The van der Waals surface area contributed by atoms with E-state index in [0.29, 0.717) is 21.7 Å². The average molecular weight is 395 g/mol. The molecule has 2 rings (SSSR count). The minimum atomic E-state index is -0.550. The van der Waals surface area contributed by atoms with Crippen molar-refractivity contribution in [3.8, 4) is 11.5 Å². The summed E-state index contributed by atoms with van der Waals surface area (Å²) in [6.07, 6.45) is 0. The molecule has 0 aliphatic carbocycles. The molecule has 0 aromatic heterocycles. The van der Waals surface area contributed by atoms with Crippen molar-refractivity contribution >= 4 is 49.1 Å². The van der Waals surface area contributed by atoms with Crippen LogP contribution >= 0.6 is 43.5 Å². The molecule has 0 spiro atoms. The highest BCUT2D eigenvalue weighted by Gasteiger charge is 2.10. The summed E-state index contributed by atoms with van der Waals surface area (Å²) in [6.45, 7) is 0. The maximum Gasteiger partial charge on any atom is 0.150 e. The summed E-state index contributed by atoms with van der Waals surface area (Å²) >= 11 is 12.2. The topological polar surface area (TPSA) is 35.2 Å². The molecular formula is C12H7Br2ClFNO. The fraction of sp³-hybridized carbons (Fsp3) is 0. The number of rotatable bonds is 2. The van der Waals surface area contributed by atoms with Gasteiger partial charge in [-0.3, -0.25) is 0 Å². The van der Waals surface area contributed by atoms with Crippen LogP contribution in [0.3, 0.4) is 0 Å². The Kier molecular flexibility index (Phi) is 4.14. The normalized spacial score (nSPS) is 10.4. The lowest BCUT2D eigenvalue weighted by Crippen LogP contribution is -1.93. The van der Waals surface area contributed by atoms with Crippen LogP contribution in [0.15, 0.2) is 39.3 Å². The number of benzene rings is 2. The number of nitrogen functional groups attached to an aromatic ring is 1. The quantitative estimate of drug-likeness (QED) is 0.547. The fourth-order valence-electron chi connectivity index (χ4n) is 1.31. The Morgan fingerprint density at radius 3 is 2.50 bits per heavy atom. The van der Waals surface area contributed by atoms with Crippen molar-refractivity contribution < 1.29 is 9.13 Å². The summed E-state index contributed by atoms with van der Waals surface area (Å²) in [5.74, 6) is 0.206. The van der Waals surface area contributed by atoms with Gasteiger partial charge in [0.15, 0.2) is 0 Å². The highest BCUT2D eigenvalue weighted by molar-refractivity contribution is 9.10. The van der Waals surface area contributed by atoms with Crippen LogP contribution in [-0.4, -0.2) is 0 Å². The van der Waals surface area contributed by atoms with Crippen molar-refractivity contribution in [1.82, 2.24) is 0 Å². The number of anilines is 1. The van der Waals surface area contributed by atoms with Crippen LogP contribution in [0, 0.1) is 5.82 Å². The lowest BCUT2D eigenvalue weighted by Gasteiger charge is -2.11. The van der Waals surface area contributed by atoms with Crippen LogP contribution in [0.2, 0.25) is 5.02 Å². The second-order valence-corrected chi connectivity index (χ2v) is 5.66. The highest BCUT2D eigenvalue weighted by atomic mass is 79.9. The van der Waals surface area contributed by atoms with E-state index in [-0.39, 0.29) is 5.02 Å². The van der Waals surface area contributed by atoms with E-state index in [2.05, 4.69) is 31.9 Å². The zero-order chi connectivity index (χ0) is 13.3. The molecule has 18 heavy (non-hydrogen) atoms. The summed E-state index contributed by atoms with van der Waals surface area (Å²) in [6, 6.07) is 7.81. The van der Waals surface area contributed by atoms with Crippen LogP contribution in [0.5, 0.6) is 11.5 Å². The molecule has 0 saturated carbocycles. The first-order chi connectivity index (χ1) is 8.47. The van der Waals surface area contributed by atoms with Crippen molar-refractivity contribution in [2.45, 2.75) is 0 Å². The van der Waals surface area contributed by atoms with Crippen molar-refractivity contribution in [3.63, 3.8) is 0 Å². The van der Waals surface area contributed by atoms with Crippen LogP contribution in [0.25, 0.3) is 0 Å². The monoisotopic (exact) mass is 393 g/mol. The molecule has 0 radical (unpaired) electrons. The van der Waals surface area contributed by atoms with E-state index in [9.17, 15) is 4.39 Å². The minimum absolute atomic E-state index is 0.0259. The van der Waals surface area contributed by atoms with Gasteiger partial charge in [-0.15, -0.1) is 0 Å². The molecule has 0 unspecified atom stereocenters. The van der Waals surface area contributed by atoms with Gasteiger partial charge in [0, 0.05) is 10.5 Å². The maximum atomic E-state index is 13.4. The van der Waals surface area contributed by atoms with Gasteiger partial charge in [0.2, 0.25) is 0 Å². The average Bonchev–Trinajstić information content (AvgIpc) is 2.29. The first-order valence-electron chi connectivity index (χ1n) is 4.85. The van der Waals surface area contributed by atoms with Crippen LogP contribution in [-0.2, 0) is 0 Å². The van der Waals surface area contributed by atoms with E-state index >= 15 is 0 Å². The van der Waals surface area contributed by atoms with E-state index in [1.54, 1.807) is 18.2 Å². The van der Waals surface area contributed by atoms with E-state index in [1.165, 1.54) is 12.1 Å². The zero-order valence-corrected chi connectivity index (χ0v) is 12.8. The molecule has 0 atom stereocenters. The minimum Gasteiger partial charge on any atom is -0.454 e. The van der Waals surface area contributed by atoms with Gasteiger partial charge in [-0.25, -0.2) is 4.39 Å². The smallest absolute Gasteiger partial charge is 0.150 e. The van der Waals surface area contributed by atoms with Crippen molar-refractivity contribution in [2.24, 2.45) is 0 Å². The molecule has 0 aliphatic heterocycles. The van der Waals surface area contributed by atoms with Gasteiger partial charge in [0.1, 0.15) is 17.3 Å². The predicted octanol–water partition coefficient (Wildman–Crippen LogP) is 5.38. The molecule has 2 aromatic carbocycles. The van der Waals surface area contributed by atoms with Crippen molar-refractivity contribution in [2.75, 3.05) is 5.73 Å². The summed E-state index contributed by atoms with van der Waals surface area (Å²) in [5, 5.41) is 0.0259. The summed E-state index contributed by atoms with van der Waals surface area (Å²) < 4.78 is 20.3. The lowest BCUT2D eigenvalue weighted by molar-refractivity contribution is 0.476. The van der Waals surface area contributed by atoms with Gasteiger partial charge in [0.25, 0.3) is 0 Å². The number of ether oxygens (including phenoxy) is 1. The van der Waals surface area contributed by atoms with Gasteiger partial charge in [-0.05, 0) is 40.2 Å². The number of halogens is 4. The fourth-order valence-corrected chi connectivity index (χ4v) is 2.41. The Labute approximate surface area is 125 Å². The maximum absolute atomic E-state index is 13.4. The number of hydrogen-bond donors (Lipinski definition) is 1. The molecule has 0 heterocycles. The molecule has 0 bridgehead atoms. The third-order valence-electron chi connectivity index (χ3n) is 2.17. The van der Waals surface area contributed by atoms with Crippen LogP contribution in [0.1, 0.15) is 0 Å². The molecule has 2 N–H and O–H groups in total. The molecular weight excluding hydrogens is 388 g/mol. The van der Waals surface area contributed by atoms with Gasteiger partial charge >= 0.3 is 0 Å². The molecule has 0 fully saturated rings. The van der Waals surface area contributed by atoms with Gasteiger partial charge in [0.05, 0.1) is 15.2 Å². The molecule has 0 aliphatic rings. The summed E-state index contributed by atoms with van der Waals surface area (Å²) in [7, 11) is 0. The van der Waals surface area contributed by atoms with Crippen LogP contribution < -0.4 is 10.5 Å². The Morgan fingerprint density at radius 1 is 1.11 bits per heavy atom. The highest BCUT2D eigenvalue weighted by Crippen LogP contribution is 2.36. The van der Waals surface area contributed by atoms with Gasteiger partial charge in [-0.2, -0.15) is 0 Å². The SMILES string of the molecule is Nc1cc(Br)ccc1Oc1cc(F)c(Cl)cc1Br. The van der Waals surface area contributed by atoms with E-state index in [4.69, 9.17) is 22.1 Å². The molecule has 2 nitrogen and oxygen atoms in total. The molecule has 6 heteroatoms. The molecule has 0 amide bonds. The molecule has 94 valence electrons. The Morgan fingerprint density at radius 2 is 1.83 bits per heavy atom. The first-order valence-corrected chi connectivity index (χ1v) is 6.81. The molecule has 0 saturated heterocycles. The zero-order valence-electron chi connectivity index (χ0n) is 8.88. The first kappa shape index (κ1) is 13.6. The Balaban J connectivity index is 2.37. The van der Waals surface area contributed by atoms with E-state index in [0.717, 1.165) is 4.47 Å². The second kappa shape index (κ2) is 5.47. The third-order valence-corrected chi connectivity index (χ3v) is 3.57. The summed E-state index contributed by atoms with van der Waals surface area (Å²) in [4.78, 5) is 0. The largest absolute Gasteiger partial charge is 0.454 e. The standard InChI is InChI=1S/C12H7Br2ClFNO/c13-6-1-2-11(10(17)3-6)18-12-5-9(16)8(15)4-7(12)14/h1-5H,17H2. The third kappa shape index (κ3) is 2.96. The Bertz CT molecular complexity index is 607. The van der Waals surface area contributed by atoms with Gasteiger partial charge < -0.3 is 10.5 Å². The predicted molar refractivity (Wildman–Crippen MR) is 77.7 cm³/mol. The summed E-state index contributed by atoms with van der Waals surface area (Å²) in [5.41, 5.74) is 6.25. The Hall–Kier alpha value is -0.780. The second-order valence-electron chi connectivity index (χ2n) is 3.48. The lowest BCUT2D eigenvalue weighted by atomic mass is 10.3. The van der Waals surface area contributed by atoms with Crippen molar-refractivity contribution in [3.05, 3.63) is 50.1 Å². The van der Waals surface area contributed by atoms with E-state index < -0.39 is 5.82 Å². The van der Waals surface area contributed by atoms with Crippen LogP contribution in [0.4, 0.5) is 10.1 Å².